The largest absolute Gasteiger partial charge is 0.465 e. The summed E-state index contributed by atoms with van der Waals surface area (Å²) >= 11 is 0. The van der Waals surface area contributed by atoms with Crippen molar-refractivity contribution >= 4 is 5.97 Å². The van der Waals surface area contributed by atoms with E-state index in [0.717, 1.165) is 6.42 Å². The minimum absolute atomic E-state index is 0.0137. The highest BCUT2D eigenvalue weighted by Crippen LogP contribution is 2.14. The third kappa shape index (κ3) is 4.95. The molecule has 0 atom stereocenters. The number of carbonyl (C=O) groups excluding carboxylic acids is 1. The highest BCUT2D eigenvalue weighted by Gasteiger charge is 2.16. The molecule has 0 aliphatic heterocycles. The summed E-state index contributed by atoms with van der Waals surface area (Å²) in [5.41, 5.74) is -0.0137. The van der Waals surface area contributed by atoms with Crippen LogP contribution in [0.25, 0.3) is 0 Å². The van der Waals surface area contributed by atoms with E-state index in [1.165, 1.54) is 18.2 Å². The van der Waals surface area contributed by atoms with Crippen molar-refractivity contribution in [1.82, 2.24) is 4.90 Å². The van der Waals surface area contributed by atoms with Crippen molar-refractivity contribution in [3.05, 3.63) is 35.4 Å². The first-order valence-corrected chi connectivity index (χ1v) is 6.39. The summed E-state index contributed by atoms with van der Waals surface area (Å²) in [6.45, 7) is 4.63. The number of ether oxygens (including phenoxy) is 1. The van der Waals surface area contributed by atoms with Gasteiger partial charge in [-0.15, -0.1) is 0 Å². The number of nitrogens with zero attached hydrogens (tertiary/aromatic N) is 1. The average Bonchev–Trinajstić information content (AvgIpc) is 2.34. The van der Waals surface area contributed by atoms with Gasteiger partial charge in [0.2, 0.25) is 0 Å². The Morgan fingerprint density at radius 1 is 1.26 bits per heavy atom. The molecule has 0 saturated carbocycles. The smallest absolute Gasteiger partial charge is 0.320 e. The molecular weight excluding hydrogens is 252 g/mol. The van der Waals surface area contributed by atoms with E-state index in [-0.39, 0.29) is 24.6 Å². The second-order valence-electron chi connectivity index (χ2n) is 4.22. The van der Waals surface area contributed by atoms with E-state index in [0.29, 0.717) is 13.2 Å². The summed E-state index contributed by atoms with van der Waals surface area (Å²) in [5, 5.41) is 0. The zero-order valence-corrected chi connectivity index (χ0v) is 11.3. The first-order valence-electron chi connectivity index (χ1n) is 6.39. The lowest BCUT2D eigenvalue weighted by Crippen LogP contribution is -2.32. The van der Waals surface area contributed by atoms with Gasteiger partial charge in [0.25, 0.3) is 0 Å². The van der Waals surface area contributed by atoms with Crippen LogP contribution in [0.4, 0.5) is 8.78 Å². The Morgan fingerprint density at radius 2 is 1.89 bits per heavy atom. The van der Waals surface area contributed by atoms with Crippen molar-refractivity contribution < 1.29 is 18.3 Å². The first kappa shape index (κ1) is 15.6. The highest BCUT2D eigenvalue weighted by atomic mass is 19.1. The van der Waals surface area contributed by atoms with Gasteiger partial charge in [-0.2, -0.15) is 0 Å². The normalized spacial score (nSPS) is 10.8. The lowest BCUT2D eigenvalue weighted by molar-refractivity contribution is -0.144. The maximum absolute atomic E-state index is 13.6. The molecule has 1 aromatic rings. The number of hydrogen-bond acceptors (Lipinski definition) is 3. The molecule has 0 N–H and O–H groups in total. The maximum Gasteiger partial charge on any atom is 0.320 e. The molecule has 106 valence electrons. The van der Waals surface area contributed by atoms with Gasteiger partial charge in [-0.1, -0.05) is 13.0 Å². The molecule has 0 aliphatic rings. The summed E-state index contributed by atoms with van der Waals surface area (Å²) in [7, 11) is 0. The molecular formula is C14H19F2NO2. The minimum atomic E-state index is -0.593. The average molecular weight is 271 g/mol. The number of esters is 1. The van der Waals surface area contributed by atoms with Crippen molar-refractivity contribution in [1.29, 1.82) is 0 Å². The molecule has 0 heterocycles. The van der Waals surface area contributed by atoms with Gasteiger partial charge in [0.15, 0.2) is 0 Å². The quantitative estimate of drug-likeness (QED) is 0.714. The van der Waals surface area contributed by atoms with Gasteiger partial charge in [-0.05, 0) is 32.0 Å². The number of halogens is 2. The third-order valence-corrected chi connectivity index (χ3v) is 2.64. The molecule has 0 aromatic heterocycles. The molecule has 0 spiro atoms. The van der Waals surface area contributed by atoms with Crippen LogP contribution >= 0.6 is 0 Å². The van der Waals surface area contributed by atoms with Crippen molar-refractivity contribution in [2.75, 3.05) is 19.7 Å². The van der Waals surface area contributed by atoms with Crippen molar-refractivity contribution in [2.24, 2.45) is 0 Å². The molecule has 0 bridgehead atoms. The Hall–Kier alpha value is -1.49. The van der Waals surface area contributed by atoms with E-state index in [9.17, 15) is 13.6 Å². The fourth-order valence-electron chi connectivity index (χ4n) is 1.83. The van der Waals surface area contributed by atoms with Crippen LogP contribution in [-0.2, 0) is 16.1 Å². The molecule has 1 rings (SSSR count). The van der Waals surface area contributed by atoms with Crippen LogP contribution in [0.2, 0.25) is 0 Å². The topological polar surface area (TPSA) is 29.5 Å². The Kier molecular flexibility index (Phi) is 6.42. The third-order valence-electron chi connectivity index (χ3n) is 2.64. The second-order valence-corrected chi connectivity index (χ2v) is 4.22. The van der Waals surface area contributed by atoms with Gasteiger partial charge in [-0.25, -0.2) is 8.78 Å². The van der Waals surface area contributed by atoms with E-state index in [2.05, 4.69) is 0 Å². The Labute approximate surface area is 112 Å². The fraction of sp³-hybridized carbons (Fsp3) is 0.500. The van der Waals surface area contributed by atoms with Crippen molar-refractivity contribution in [3.63, 3.8) is 0 Å². The summed E-state index contributed by atoms with van der Waals surface area (Å²) in [6.07, 6.45) is 0.787. The van der Waals surface area contributed by atoms with Crippen LogP contribution in [0.1, 0.15) is 25.8 Å². The number of rotatable bonds is 7. The summed E-state index contributed by atoms with van der Waals surface area (Å²) < 4.78 is 32.0. The predicted molar refractivity (Wildman–Crippen MR) is 68.6 cm³/mol. The summed E-state index contributed by atoms with van der Waals surface area (Å²) in [4.78, 5) is 13.1. The van der Waals surface area contributed by atoms with Crippen LogP contribution in [0.15, 0.2) is 18.2 Å². The number of hydrogen-bond donors (Lipinski definition) is 0. The molecule has 5 heteroatoms. The first-order chi connectivity index (χ1) is 9.08. The monoisotopic (exact) mass is 271 g/mol. The molecule has 0 unspecified atom stereocenters. The Balaban J connectivity index is 2.75. The van der Waals surface area contributed by atoms with E-state index in [1.54, 1.807) is 11.8 Å². The lowest BCUT2D eigenvalue weighted by Gasteiger charge is -2.21. The van der Waals surface area contributed by atoms with Crippen molar-refractivity contribution in [3.8, 4) is 0 Å². The number of benzene rings is 1. The molecule has 3 nitrogen and oxygen atoms in total. The molecule has 0 amide bonds. The molecule has 0 saturated heterocycles. The maximum atomic E-state index is 13.6. The summed E-state index contributed by atoms with van der Waals surface area (Å²) in [5.74, 6) is -1.57. The molecule has 1 aromatic carbocycles. The second kappa shape index (κ2) is 7.84. The van der Waals surface area contributed by atoms with Crippen LogP contribution in [0.3, 0.4) is 0 Å². The van der Waals surface area contributed by atoms with Gasteiger partial charge in [-0.3, -0.25) is 9.69 Å². The van der Waals surface area contributed by atoms with E-state index in [1.807, 2.05) is 6.92 Å². The van der Waals surface area contributed by atoms with Gasteiger partial charge in [0.05, 0.1) is 13.2 Å². The van der Waals surface area contributed by atoms with Crippen molar-refractivity contribution in [2.45, 2.75) is 26.8 Å². The fourth-order valence-corrected chi connectivity index (χ4v) is 1.83. The number of carbonyl (C=O) groups is 1. The van der Waals surface area contributed by atoms with E-state index < -0.39 is 11.6 Å². The molecule has 0 aliphatic carbocycles. The minimum Gasteiger partial charge on any atom is -0.465 e. The van der Waals surface area contributed by atoms with Crippen LogP contribution in [0.5, 0.6) is 0 Å². The van der Waals surface area contributed by atoms with Gasteiger partial charge >= 0.3 is 5.97 Å². The molecule has 0 fully saturated rings. The van der Waals surface area contributed by atoms with E-state index in [4.69, 9.17) is 4.74 Å². The van der Waals surface area contributed by atoms with Crippen LogP contribution in [-0.4, -0.2) is 30.6 Å². The molecule has 19 heavy (non-hydrogen) atoms. The molecule has 0 radical (unpaired) electrons. The SMILES string of the molecule is CCCN(CC(=O)OCC)Cc1c(F)cccc1F. The van der Waals surface area contributed by atoms with Gasteiger partial charge in [0, 0.05) is 12.1 Å². The predicted octanol–water partition coefficient (Wildman–Crippen LogP) is 2.74. The van der Waals surface area contributed by atoms with Crippen LogP contribution in [0, 0.1) is 11.6 Å². The zero-order valence-electron chi connectivity index (χ0n) is 11.3. The van der Waals surface area contributed by atoms with E-state index >= 15 is 0 Å². The van der Waals surface area contributed by atoms with Gasteiger partial charge in [0.1, 0.15) is 11.6 Å². The van der Waals surface area contributed by atoms with Gasteiger partial charge < -0.3 is 4.74 Å². The standard InChI is InChI=1S/C14H19F2NO2/c1-3-8-17(10-14(18)19-4-2)9-11-12(15)6-5-7-13(11)16/h5-7H,3-4,8-10H2,1-2H3. The zero-order chi connectivity index (χ0) is 14.3. The highest BCUT2D eigenvalue weighted by molar-refractivity contribution is 5.71. The summed E-state index contributed by atoms with van der Waals surface area (Å²) in [6, 6.07) is 3.75. The lowest BCUT2D eigenvalue weighted by atomic mass is 10.2. The Morgan fingerprint density at radius 3 is 2.42 bits per heavy atom. The Bertz CT molecular complexity index is 404. The van der Waals surface area contributed by atoms with Crippen LogP contribution < -0.4 is 0 Å².